The second-order valence-corrected chi connectivity index (χ2v) is 6.49. The molecule has 0 saturated carbocycles. The van der Waals surface area contributed by atoms with E-state index in [1.54, 1.807) is 0 Å². The Hall–Kier alpha value is -1.45. The van der Waals surface area contributed by atoms with Gasteiger partial charge in [-0.3, -0.25) is 4.79 Å². The number of carbonyl (C=O) groups is 1. The Kier molecular flexibility index (Phi) is 16.2. The highest BCUT2D eigenvalue weighted by Gasteiger charge is 2.11. The van der Waals surface area contributed by atoms with Crippen LogP contribution in [0.2, 0.25) is 0 Å². The first kappa shape index (κ1) is 31.3. The van der Waals surface area contributed by atoms with Crippen molar-refractivity contribution in [2.45, 2.75) is 42.4 Å². The number of ether oxygens (including phenoxy) is 1. The molecule has 9 heteroatoms. The van der Waals surface area contributed by atoms with Crippen LogP contribution < -0.4 is 0 Å². The predicted octanol–water partition coefficient (Wildman–Crippen LogP) is 6.92. The molecule has 1 N–H and O–H groups in total. The molecule has 0 saturated heterocycles. The van der Waals surface area contributed by atoms with Crippen LogP contribution in [0.5, 0.6) is 0 Å². The van der Waals surface area contributed by atoms with E-state index in [0.717, 1.165) is 12.1 Å². The molecule has 0 heterocycles. The highest BCUT2D eigenvalue weighted by molar-refractivity contribution is 9.10. The van der Waals surface area contributed by atoms with Gasteiger partial charge in [-0.15, -0.1) is 0 Å². The molecule has 0 aliphatic carbocycles. The van der Waals surface area contributed by atoms with Gasteiger partial charge in [0, 0.05) is 27.0 Å². The lowest BCUT2D eigenvalue weighted by molar-refractivity contribution is -0.142. The molecule has 28 heavy (non-hydrogen) atoms. The van der Waals surface area contributed by atoms with E-state index in [1.165, 1.54) is 19.1 Å². The van der Waals surface area contributed by atoms with Crippen molar-refractivity contribution in [1.82, 2.24) is 0 Å². The maximum absolute atomic E-state index is 13.0. The Morgan fingerprint density at radius 1 is 0.893 bits per heavy atom. The van der Waals surface area contributed by atoms with E-state index < -0.39 is 35.8 Å². The molecule has 0 unspecified atom stereocenters. The van der Waals surface area contributed by atoms with Crippen LogP contribution in [-0.2, 0) is 22.7 Å². The van der Waals surface area contributed by atoms with Gasteiger partial charge >= 0.3 is 5.97 Å². The minimum atomic E-state index is -0.991. The number of esters is 1. The number of halogens is 6. The summed E-state index contributed by atoms with van der Waals surface area (Å²) in [5, 5.41) is 8.54. The zero-order chi connectivity index (χ0) is 19.1. The Balaban J connectivity index is -0.000000412. The van der Waals surface area contributed by atoms with Gasteiger partial charge in [0.1, 0.15) is 6.61 Å². The molecule has 160 valence electrons. The number of hydrogen-bond donors (Lipinski definition) is 1. The molecule has 0 aliphatic rings. The van der Waals surface area contributed by atoms with Gasteiger partial charge in [-0.2, -0.15) is 0 Å². The molecule has 2 aromatic rings. The largest absolute Gasteiger partial charge is 0.461 e. The number of hydrogen-bond acceptors (Lipinski definition) is 3. The highest BCUT2D eigenvalue weighted by Crippen LogP contribution is 2.20. The zero-order valence-electron chi connectivity index (χ0n) is 12.8. The molecule has 3 nitrogen and oxygen atoms in total. The summed E-state index contributed by atoms with van der Waals surface area (Å²) in [5.41, 5.74) is -0.0380. The first-order chi connectivity index (χ1) is 11.6. The van der Waals surface area contributed by atoms with Gasteiger partial charge in [-0.1, -0.05) is 54.1 Å². The highest BCUT2D eigenvalue weighted by atomic mass is 79.9. The fourth-order valence-corrected chi connectivity index (χ4v) is 2.57. The molecule has 2 rings (SSSR count). The van der Waals surface area contributed by atoms with E-state index in [1.807, 2.05) is 0 Å². The first-order valence-electron chi connectivity index (χ1n) is 6.66. The molecule has 2 aromatic carbocycles. The van der Waals surface area contributed by atoms with Crippen molar-refractivity contribution in [1.29, 1.82) is 0 Å². The monoisotopic (exact) mass is 534 g/mol. The molecular formula is C19H24Br2F4O3. The van der Waals surface area contributed by atoms with Crippen molar-refractivity contribution >= 4 is 37.8 Å². The smallest absolute Gasteiger partial charge is 0.302 e. The number of aliphatic hydroxyl groups excluding tert-OH is 1. The second-order valence-electron chi connectivity index (χ2n) is 4.66. The van der Waals surface area contributed by atoms with Crippen molar-refractivity contribution in [2.24, 2.45) is 0 Å². The molecule has 0 spiro atoms. The van der Waals surface area contributed by atoms with E-state index in [-0.39, 0.29) is 40.0 Å². The first-order valence-corrected chi connectivity index (χ1v) is 8.25. The Bertz CT molecular complexity index is 771. The van der Waals surface area contributed by atoms with Crippen LogP contribution in [0.15, 0.2) is 33.2 Å². The van der Waals surface area contributed by atoms with E-state index in [2.05, 4.69) is 36.6 Å². The molecule has 0 aromatic heterocycles. The van der Waals surface area contributed by atoms with Crippen LogP contribution in [0, 0.1) is 23.3 Å². The maximum Gasteiger partial charge on any atom is 0.302 e. The fraction of sp³-hybridized carbons (Fsp3) is 0.316. The fourth-order valence-electron chi connectivity index (χ4n) is 1.62. The van der Waals surface area contributed by atoms with Gasteiger partial charge in [-0.25, -0.2) is 17.6 Å². The van der Waals surface area contributed by atoms with E-state index in [4.69, 9.17) is 5.11 Å². The zero-order valence-corrected chi connectivity index (χ0v) is 15.9. The number of aliphatic hydroxyl groups is 1. The van der Waals surface area contributed by atoms with Crippen LogP contribution >= 0.6 is 31.9 Å². The number of carbonyl (C=O) groups excluding carboxylic acids is 1. The topological polar surface area (TPSA) is 46.5 Å². The Morgan fingerprint density at radius 3 is 1.68 bits per heavy atom. The lowest BCUT2D eigenvalue weighted by atomic mass is 10.2. The average molecular weight is 536 g/mol. The van der Waals surface area contributed by atoms with Gasteiger partial charge in [-0.05, 0) is 24.3 Å². The molecule has 0 atom stereocenters. The normalized spacial score (nSPS) is 9.00. The lowest BCUT2D eigenvalue weighted by Gasteiger charge is -2.05. The van der Waals surface area contributed by atoms with Gasteiger partial charge in [0.15, 0.2) is 23.3 Å². The van der Waals surface area contributed by atoms with Gasteiger partial charge in [0.2, 0.25) is 0 Å². The Morgan fingerprint density at radius 2 is 1.29 bits per heavy atom. The third-order valence-corrected chi connectivity index (χ3v) is 3.65. The summed E-state index contributed by atoms with van der Waals surface area (Å²) >= 11 is 5.98. The van der Waals surface area contributed by atoms with E-state index in [9.17, 15) is 22.4 Å². The quantitative estimate of drug-likeness (QED) is 0.263. The van der Waals surface area contributed by atoms with E-state index in [0.29, 0.717) is 8.95 Å². The molecular weight excluding hydrogens is 512 g/mol. The maximum atomic E-state index is 13.0. The van der Waals surface area contributed by atoms with Gasteiger partial charge in [0.25, 0.3) is 0 Å². The summed E-state index contributed by atoms with van der Waals surface area (Å²) in [4.78, 5) is 10.4. The summed E-state index contributed by atoms with van der Waals surface area (Å²) in [6.07, 6.45) is 0. The summed E-state index contributed by atoms with van der Waals surface area (Å²) in [5.74, 6) is -4.44. The third-order valence-electron chi connectivity index (χ3n) is 2.74. The van der Waals surface area contributed by atoms with Gasteiger partial charge < -0.3 is 9.84 Å². The summed E-state index contributed by atoms with van der Waals surface area (Å²) in [7, 11) is 0. The van der Waals surface area contributed by atoms with Crippen LogP contribution in [0.25, 0.3) is 0 Å². The van der Waals surface area contributed by atoms with Crippen molar-refractivity contribution in [3.63, 3.8) is 0 Å². The molecule has 0 radical (unpaired) electrons. The average Bonchev–Trinajstić information content (AvgIpc) is 2.53. The lowest BCUT2D eigenvalue weighted by Crippen LogP contribution is -2.02. The van der Waals surface area contributed by atoms with Crippen molar-refractivity contribution in [3.05, 3.63) is 67.6 Å². The second kappa shape index (κ2) is 14.5. The summed E-state index contributed by atoms with van der Waals surface area (Å²) in [6, 6.07) is 4.71. The molecule has 0 aliphatic heterocycles. The Labute approximate surface area is 180 Å². The minimum Gasteiger partial charge on any atom is -0.461 e. The summed E-state index contributed by atoms with van der Waals surface area (Å²) < 4.78 is 56.4. The predicted molar refractivity (Wildman–Crippen MR) is 110 cm³/mol. The molecule has 0 amide bonds. The van der Waals surface area contributed by atoms with Crippen LogP contribution in [0.4, 0.5) is 17.6 Å². The van der Waals surface area contributed by atoms with Crippen molar-refractivity contribution in [2.75, 3.05) is 0 Å². The van der Waals surface area contributed by atoms with Crippen molar-refractivity contribution in [3.8, 4) is 0 Å². The van der Waals surface area contributed by atoms with Crippen LogP contribution in [-0.4, -0.2) is 11.1 Å². The standard InChI is InChI=1S/C9H7BrF2O2.C7H5BrF2O.3CH4/c1-5(13)14-4-6-2-7(10)3-8(11)9(6)12;8-5-1-4(3-11)7(10)6(9)2-5;;;/h2-3H,4H2,1H3;1-2,11H,3H2;3*1H4. The number of benzene rings is 2. The summed E-state index contributed by atoms with van der Waals surface area (Å²) in [6.45, 7) is 0.436. The van der Waals surface area contributed by atoms with Gasteiger partial charge in [0.05, 0.1) is 6.61 Å². The molecule has 0 fully saturated rings. The third kappa shape index (κ3) is 9.66. The minimum absolute atomic E-state index is 0. The SMILES string of the molecule is C.C.C.CC(=O)OCc1cc(Br)cc(F)c1F.OCc1cc(Br)cc(F)c1F. The van der Waals surface area contributed by atoms with E-state index >= 15 is 0 Å². The van der Waals surface area contributed by atoms with Crippen LogP contribution in [0.3, 0.4) is 0 Å². The van der Waals surface area contributed by atoms with Crippen molar-refractivity contribution < 1.29 is 32.2 Å². The number of rotatable bonds is 3. The van der Waals surface area contributed by atoms with Crippen LogP contribution in [0.1, 0.15) is 40.3 Å². The molecule has 0 bridgehead atoms.